The maximum atomic E-state index is 9.85. The fraction of sp³-hybridized carbons (Fsp3) is 0.294. The molecule has 0 aliphatic carbocycles. The lowest BCUT2D eigenvalue weighted by molar-refractivity contribution is 0.187. The third kappa shape index (κ3) is 3.63. The molecular weight excluding hydrogens is 266 g/mol. The minimum atomic E-state index is -0.374. The van der Waals surface area contributed by atoms with Gasteiger partial charge in [0.2, 0.25) is 0 Å². The van der Waals surface area contributed by atoms with Gasteiger partial charge in [0.15, 0.2) is 0 Å². The van der Waals surface area contributed by atoms with Crippen molar-refractivity contribution < 1.29 is 5.11 Å². The molecule has 0 aromatic heterocycles. The van der Waals surface area contributed by atoms with E-state index in [0.717, 1.165) is 17.1 Å². The van der Waals surface area contributed by atoms with Gasteiger partial charge in [-0.2, -0.15) is 11.8 Å². The van der Waals surface area contributed by atoms with Crippen molar-refractivity contribution in [3.8, 4) is 0 Å². The highest BCUT2D eigenvalue weighted by Gasteiger charge is 2.29. The van der Waals surface area contributed by atoms with Crippen LogP contribution in [0.25, 0.3) is 0 Å². The Labute approximate surface area is 125 Å². The summed E-state index contributed by atoms with van der Waals surface area (Å²) in [6.45, 7) is 0.0926. The van der Waals surface area contributed by atoms with Crippen LogP contribution in [0.5, 0.6) is 0 Å². The van der Waals surface area contributed by atoms with Crippen molar-refractivity contribution in [2.24, 2.45) is 0 Å². The summed E-state index contributed by atoms with van der Waals surface area (Å²) in [6.07, 6.45) is 0. The molecule has 106 valence electrons. The lowest BCUT2D eigenvalue weighted by Gasteiger charge is -2.32. The highest BCUT2D eigenvalue weighted by Crippen LogP contribution is 2.26. The van der Waals surface area contributed by atoms with Crippen molar-refractivity contribution in [2.45, 2.75) is 11.3 Å². The minimum absolute atomic E-state index is 0.0926. The fourth-order valence-electron chi connectivity index (χ4n) is 2.19. The Bertz CT molecular complexity index is 497. The van der Waals surface area contributed by atoms with Gasteiger partial charge in [0.1, 0.15) is 0 Å². The molecule has 0 amide bonds. The van der Waals surface area contributed by atoms with E-state index >= 15 is 0 Å². The van der Waals surface area contributed by atoms with E-state index in [9.17, 15) is 5.11 Å². The average Bonchev–Trinajstić information content (AvgIpc) is 2.54. The third-order valence-electron chi connectivity index (χ3n) is 3.53. The van der Waals surface area contributed by atoms with Crippen LogP contribution in [0.15, 0.2) is 60.7 Å². The molecule has 0 saturated heterocycles. The molecule has 0 spiro atoms. The van der Waals surface area contributed by atoms with Gasteiger partial charge in [-0.3, -0.25) is 0 Å². The van der Waals surface area contributed by atoms with E-state index in [-0.39, 0.29) is 12.1 Å². The van der Waals surface area contributed by atoms with Gasteiger partial charge in [0.05, 0.1) is 12.1 Å². The summed E-state index contributed by atoms with van der Waals surface area (Å²) in [7, 11) is 1.91. The van der Waals surface area contributed by atoms with Crippen molar-refractivity contribution >= 4 is 11.8 Å². The molecule has 0 fully saturated rings. The van der Waals surface area contributed by atoms with Crippen molar-refractivity contribution in [3.63, 3.8) is 0 Å². The number of nitrogens with one attached hydrogen (secondary N) is 1. The van der Waals surface area contributed by atoms with E-state index in [1.807, 2.05) is 43.1 Å². The number of hydrogen-bond donors (Lipinski definition) is 2. The standard InChI is InChI=1S/C17H21NOS/c1-18-17(13-19,16-10-6-3-7-11-16)14-20-12-15-8-4-2-5-9-15/h2-11,18-19H,12-14H2,1H3. The van der Waals surface area contributed by atoms with E-state index in [1.165, 1.54) is 5.56 Å². The molecule has 0 radical (unpaired) electrons. The van der Waals surface area contributed by atoms with Gasteiger partial charge < -0.3 is 10.4 Å². The molecule has 20 heavy (non-hydrogen) atoms. The number of benzene rings is 2. The van der Waals surface area contributed by atoms with Gasteiger partial charge in [-0.15, -0.1) is 0 Å². The molecule has 2 N–H and O–H groups in total. The molecule has 0 aliphatic heterocycles. The van der Waals surface area contributed by atoms with Crippen LogP contribution in [0.3, 0.4) is 0 Å². The zero-order chi connectivity index (χ0) is 14.3. The lowest BCUT2D eigenvalue weighted by Crippen LogP contribution is -2.45. The first-order valence-electron chi connectivity index (χ1n) is 6.78. The molecular formula is C17H21NOS. The highest BCUT2D eigenvalue weighted by molar-refractivity contribution is 7.98. The molecule has 1 unspecified atom stereocenters. The Kier molecular flexibility index (Phi) is 5.65. The maximum absolute atomic E-state index is 9.85. The second kappa shape index (κ2) is 7.48. The van der Waals surface area contributed by atoms with E-state index in [4.69, 9.17) is 0 Å². The topological polar surface area (TPSA) is 32.3 Å². The molecule has 0 bridgehead atoms. The van der Waals surface area contributed by atoms with Gasteiger partial charge in [-0.25, -0.2) is 0 Å². The Balaban J connectivity index is 2.03. The van der Waals surface area contributed by atoms with E-state index in [2.05, 4.69) is 41.7 Å². The molecule has 2 aromatic rings. The van der Waals surface area contributed by atoms with Crippen LogP contribution >= 0.6 is 11.8 Å². The second-order valence-electron chi connectivity index (χ2n) is 4.83. The normalized spacial score (nSPS) is 13.9. The quantitative estimate of drug-likeness (QED) is 0.821. The van der Waals surface area contributed by atoms with Gasteiger partial charge in [0.25, 0.3) is 0 Å². The summed E-state index contributed by atoms with van der Waals surface area (Å²) in [6, 6.07) is 20.6. The van der Waals surface area contributed by atoms with Crippen molar-refractivity contribution in [1.29, 1.82) is 0 Å². The summed E-state index contributed by atoms with van der Waals surface area (Å²) in [5.41, 5.74) is 2.07. The van der Waals surface area contributed by atoms with Gasteiger partial charge >= 0.3 is 0 Å². The van der Waals surface area contributed by atoms with E-state index < -0.39 is 0 Å². The summed E-state index contributed by atoms with van der Waals surface area (Å²) in [5, 5.41) is 13.1. The highest BCUT2D eigenvalue weighted by atomic mass is 32.2. The largest absolute Gasteiger partial charge is 0.394 e. The maximum Gasteiger partial charge on any atom is 0.0758 e. The average molecular weight is 287 g/mol. The zero-order valence-corrected chi connectivity index (χ0v) is 12.6. The Morgan fingerprint density at radius 3 is 2.15 bits per heavy atom. The SMILES string of the molecule is CNC(CO)(CSCc1ccccc1)c1ccccc1. The van der Waals surface area contributed by atoms with Gasteiger partial charge in [-0.05, 0) is 18.2 Å². The van der Waals surface area contributed by atoms with Crippen LogP contribution in [0, 0.1) is 0 Å². The molecule has 2 aromatic carbocycles. The first-order valence-corrected chi connectivity index (χ1v) is 7.93. The summed E-state index contributed by atoms with van der Waals surface area (Å²) >= 11 is 1.83. The van der Waals surface area contributed by atoms with Crippen LogP contribution < -0.4 is 5.32 Å². The first-order chi connectivity index (χ1) is 9.80. The molecule has 2 nitrogen and oxygen atoms in total. The third-order valence-corrected chi connectivity index (χ3v) is 4.77. The number of hydrogen-bond acceptors (Lipinski definition) is 3. The second-order valence-corrected chi connectivity index (χ2v) is 5.82. The predicted molar refractivity (Wildman–Crippen MR) is 86.9 cm³/mol. The Morgan fingerprint density at radius 2 is 1.60 bits per heavy atom. The number of rotatable bonds is 7. The molecule has 1 atom stereocenters. The van der Waals surface area contributed by atoms with E-state index in [0.29, 0.717) is 0 Å². The number of likely N-dealkylation sites (N-methyl/N-ethyl adjacent to an activating group) is 1. The van der Waals surface area contributed by atoms with Crippen LogP contribution in [0.1, 0.15) is 11.1 Å². The first kappa shape index (κ1) is 15.1. The van der Waals surface area contributed by atoms with Crippen LogP contribution in [-0.2, 0) is 11.3 Å². The zero-order valence-electron chi connectivity index (χ0n) is 11.8. The summed E-state index contributed by atoms with van der Waals surface area (Å²) < 4.78 is 0. The molecule has 2 rings (SSSR count). The van der Waals surface area contributed by atoms with Crippen LogP contribution in [0.2, 0.25) is 0 Å². The smallest absolute Gasteiger partial charge is 0.0758 e. The van der Waals surface area contributed by atoms with Crippen molar-refractivity contribution in [2.75, 3.05) is 19.4 Å². The predicted octanol–water partition coefficient (Wildman–Crippen LogP) is 3.03. The van der Waals surface area contributed by atoms with Gasteiger partial charge in [0, 0.05) is 11.5 Å². The Hall–Kier alpha value is -1.29. The number of aliphatic hydroxyl groups excluding tert-OH is 1. The summed E-state index contributed by atoms with van der Waals surface area (Å²) in [5.74, 6) is 1.79. The molecule has 0 aliphatic rings. The van der Waals surface area contributed by atoms with E-state index in [1.54, 1.807) is 0 Å². The van der Waals surface area contributed by atoms with Crippen LogP contribution in [0.4, 0.5) is 0 Å². The fourth-order valence-corrected chi connectivity index (χ4v) is 3.47. The monoisotopic (exact) mass is 287 g/mol. The minimum Gasteiger partial charge on any atom is -0.394 e. The Morgan fingerprint density at radius 1 is 1.00 bits per heavy atom. The molecule has 0 saturated carbocycles. The van der Waals surface area contributed by atoms with Gasteiger partial charge in [-0.1, -0.05) is 60.7 Å². The molecule has 0 heterocycles. The molecule has 3 heteroatoms. The summed E-state index contributed by atoms with van der Waals surface area (Å²) in [4.78, 5) is 0. The van der Waals surface area contributed by atoms with Crippen molar-refractivity contribution in [3.05, 3.63) is 71.8 Å². The number of aliphatic hydroxyl groups is 1. The van der Waals surface area contributed by atoms with Crippen molar-refractivity contribution in [1.82, 2.24) is 5.32 Å². The number of thioether (sulfide) groups is 1. The lowest BCUT2D eigenvalue weighted by atomic mass is 9.93. The van der Waals surface area contributed by atoms with Crippen LogP contribution in [-0.4, -0.2) is 24.5 Å².